The van der Waals surface area contributed by atoms with E-state index in [1.165, 1.54) is 17.4 Å². The summed E-state index contributed by atoms with van der Waals surface area (Å²) in [4.78, 5) is 37.6. The fourth-order valence-electron chi connectivity index (χ4n) is 4.95. The lowest BCUT2D eigenvalue weighted by Crippen LogP contribution is -2.38. The highest BCUT2D eigenvalue weighted by Gasteiger charge is 2.39. The summed E-state index contributed by atoms with van der Waals surface area (Å²) in [5, 5.41) is 14.3. The van der Waals surface area contributed by atoms with E-state index in [-0.39, 0.29) is 35.3 Å². The maximum absolute atomic E-state index is 14.5. The molecule has 1 atom stereocenters. The van der Waals surface area contributed by atoms with Gasteiger partial charge in [0.1, 0.15) is 12.3 Å². The van der Waals surface area contributed by atoms with Crippen LogP contribution in [0.15, 0.2) is 50.7 Å². The molecule has 39 heavy (non-hydrogen) atoms. The Morgan fingerprint density at radius 3 is 2.62 bits per heavy atom. The lowest BCUT2D eigenvalue weighted by atomic mass is 9.78. The normalized spacial score (nSPS) is 21.3. The number of halogens is 3. The largest absolute Gasteiger partial charge is 0.476 e. The summed E-state index contributed by atoms with van der Waals surface area (Å²) >= 11 is 7.57. The molecule has 2 aliphatic rings. The van der Waals surface area contributed by atoms with Crippen LogP contribution in [-0.4, -0.2) is 39.5 Å². The van der Waals surface area contributed by atoms with E-state index >= 15 is 0 Å². The SMILES string of the molecule is CCOC(=O)C1=C(C2CCC(c3nc(C(=O)O)co3)CC2)NC(c2nccs2)=NC1c1ccc(F)c(F)c1Cl. The summed E-state index contributed by atoms with van der Waals surface area (Å²) < 4.78 is 39.3. The molecular formula is C26H23ClF2N4O5S. The second kappa shape index (κ2) is 11.2. The summed E-state index contributed by atoms with van der Waals surface area (Å²) in [6, 6.07) is 1.20. The molecule has 9 nitrogen and oxygen atoms in total. The molecule has 3 aromatic rings. The third kappa shape index (κ3) is 5.30. The van der Waals surface area contributed by atoms with Crippen molar-refractivity contribution in [2.75, 3.05) is 6.61 Å². The van der Waals surface area contributed by atoms with Crippen molar-refractivity contribution in [3.8, 4) is 0 Å². The van der Waals surface area contributed by atoms with Crippen LogP contribution in [0.4, 0.5) is 8.78 Å². The highest BCUT2D eigenvalue weighted by molar-refractivity contribution is 7.11. The summed E-state index contributed by atoms with van der Waals surface area (Å²) in [6.07, 6.45) is 5.17. The predicted octanol–water partition coefficient (Wildman–Crippen LogP) is 5.64. The molecule has 1 saturated carbocycles. The number of benzene rings is 1. The first kappa shape index (κ1) is 26.9. The molecule has 1 unspecified atom stereocenters. The Labute approximate surface area is 230 Å². The minimum absolute atomic E-state index is 0.0897. The fourth-order valence-corrected chi connectivity index (χ4v) is 5.79. The quantitative estimate of drug-likeness (QED) is 0.273. The van der Waals surface area contributed by atoms with E-state index in [1.54, 1.807) is 18.5 Å². The zero-order chi connectivity index (χ0) is 27.7. The third-order valence-electron chi connectivity index (χ3n) is 6.79. The van der Waals surface area contributed by atoms with E-state index in [1.807, 2.05) is 0 Å². The van der Waals surface area contributed by atoms with Gasteiger partial charge in [-0.05, 0) is 44.6 Å². The van der Waals surface area contributed by atoms with Crippen LogP contribution >= 0.6 is 22.9 Å². The Bertz CT molecular complexity index is 1460. The van der Waals surface area contributed by atoms with Crippen molar-refractivity contribution in [1.29, 1.82) is 0 Å². The number of rotatable bonds is 7. The first-order chi connectivity index (χ1) is 18.8. The summed E-state index contributed by atoms with van der Waals surface area (Å²) in [5.41, 5.74) is 0.694. The van der Waals surface area contributed by atoms with E-state index in [0.29, 0.717) is 48.1 Å². The molecule has 204 valence electrons. The molecule has 3 heterocycles. The molecule has 1 aliphatic heterocycles. The van der Waals surface area contributed by atoms with E-state index in [0.717, 1.165) is 12.3 Å². The van der Waals surface area contributed by atoms with E-state index in [4.69, 9.17) is 25.9 Å². The summed E-state index contributed by atoms with van der Waals surface area (Å²) in [7, 11) is 0. The van der Waals surface area contributed by atoms with Gasteiger partial charge in [0.25, 0.3) is 0 Å². The molecule has 1 aromatic carbocycles. The Hall–Kier alpha value is -3.64. The number of esters is 1. The Morgan fingerprint density at radius 1 is 1.23 bits per heavy atom. The Morgan fingerprint density at radius 2 is 1.97 bits per heavy atom. The number of aromatic nitrogens is 2. The van der Waals surface area contributed by atoms with Gasteiger partial charge in [0, 0.05) is 28.8 Å². The number of nitrogens with zero attached hydrogens (tertiary/aromatic N) is 3. The fraction of sp³-hybridized carbons (Fsp3) is 0.346. The molecule has 0 bridgehead atoms. The molecule has 2 aromatic heterocycles. The maximum Gasteiger partial charge on any atom is 0.357 e. The molecule has 5 rings (SSSR count). The first-order valence-corrected chi connectivity index (χ1v) is 13.5. The zero-order valence-electron chi connectivity index (χ0n) is 20.6. The van der Waals surface area contributed by atoms with Gasteiger partial charge >= 0.3 is 11.9 Å². The number of thiazole rings is 1. The molecule has 0 saturated heterocycles. The van der Waals surface area contributed by atoms with Crippen molar-refractivity contribution in [1.82, 2.24) is 15.3 Å². The maximum atomic E-state index is 14.5. The van der Waals surface area contributed by atoms with Gasteiger partial charge in [0.2, 0.25) is 0 Å². The summed E-state index contributed by atoms with van der Waals surface area (Å²) in [5.74, 6) is -3.66. The lowest BCUT2D eigenvalue weighted by molar-refractivity contribution is -0.139. The van der Waals surface area contributed by atoms with Crippen LogP contribution in [0.25, 0.3) is 0 Å². The van der Waals surface area contributed by atoms with Gasteiger partial charge in [0.15, 0.2) is 34.1 Å². The molecule has 1 fully saturated rings. The van der Waals surface area contributed by atoms with E-state index in [9.17, 15) is 18.4 Å². The van der Waals surface area contributed by atoms with Crippen LogP contribution in [0.2, 0.25) is 5.02 Å². The Balaban J connectivity index is 1.54. The number of carboxylic acid groups (broad SMARTS) is 1. The first-order valence-electron chi connectivity index (χ1n) is 12.3. The number of hydrogen-bond donors (Lipinski definition) is 2. The van der Waals surface area contributed by atoms with Crippen LogP contribution in [0.5, 0.6) is 0 Å². The number of aliphatic imine (C=N–C) groups is 1. The molecule has 0 amide bonds. The average molecular weight is 577 g/mol. The van der Waals surface area contributed by atoms with Gasteiger partial charge in [-0.1, -0.05) is 17.7 Å². The van der Waals surface area contributed by atoms with Gasteiger partial charge in [-0.3, -0.25) is 4.99 Å². The number of oxazole rings is 1. The molecule has 1 aliphatic carbocycles. The van der Waals surface area contributed by atoms with Gasteiger partial charge in [0.05, 0.1) is 17.2 Å². The average Bonchev–Trinajstić information content (AvgIpc) is 3.65. The second-order valence-corrected chi connectivity index (χ2v) is 10.4. The molecule has 0 spiro atoms. The highest BCUT2D eigenvalue weighted by atomic mass is 35.5. The van der Waals surface area contributed by atoms with Crippen molar-refractivity contribution in [3.63, 3.8) is 0 Å². The van der Waals surface area contributed by atoms with Crippen molar-refractivity contribution >= 4 is 40.7 Å². The number of carbonyl (C=O) groups excluding carboxylic acids is 1. The van der Waals surface area contributed by atoms with Crippen molar-refractivity contribution in [3.05, 3.63) is 80.1 Å². The monoisotopic (exact) mass is 576 g/mol. The predicted molar refractivity (Wildman–Crippen MR) is 138 cm³/mol. The van der Waals surface area contributed by atoms with Crippen LogP contribution < -0.4 is 5.32 Å². The van der Waals surface area contributed by atoms with Crippen LogP contribution in [-0.2, 0) is 9.53 Å². The van der Waals surface area contributed by atoms with E-state index < -0.39 is 34.6 Å². The smallest absolute Gasteiger partial charge is 0.357 e. The number of carboxylic acids is 1. The molecule has 13 heteroatoms. The molecule has 0 radical (unpaired) electrons. The lowest BCUT2D eigenvalue weighted by Gasteiger charge is -2.34. The molecular weight excluding hydrogens is 554 g/mol. The Kier molecular flexibility index (Phi) is 7.76. The number of aromatic carboxylic acids is 1. The zero-order valence-corrected chi connectivity index (χ0v) is 22.2. The van der Waals surface area contributed by atoms with Crippen LogP contribution in [0, 0.1) is 17.6 Å². The van der Waals surface area contributed by atoms with Crippen LogP contribution in [0.3, 0.4) is 0 Å². The number of allylic oxidation sites excluding steroid dienone is 1. The van der Waals surface area contributed by atoms with Crippen molar-refractivity contribution in [2.24, 2.45) is 10.9 Å². The topological polar surface area (TPSA) is 127 Å². The van der Waals surface area contributed by atoms with Crippen LogP contribution in [0.1, 0.15) is 71.5 Å². The number of amidine groups is 1. The second-order valence-electron chi connectivity index (χ2n) is 9.08. The van der Waals surface area contributed by atoms with Crippen molar-refractivity contribution < 1.29 is 32.6 Å². The minimum atomic E-state index is -1.23. The van der Waals surface area contributed by atoms with Crippen molar-refractivity contribution in [2.45, 2.75) is 44.6 Å². The number of ether oxygens (including phenoxy) is 1. The van der Waals surface area contributed by atoms with E-state index in [2.05, 4.69) is 20.3 Å². The van der Waals surface area contributed by atoms with Gasteiger partial charge < -0.3 is 19.6 Å². The minimum Gasteiger partial charge on any atom is -0.476 e. The van der Waals surface area contributed by atoms with Gasteiger partial charge in [-0.2, -0.15) is 0 Å². The number of carbonyl (C=O) groups is 2. The summed E-state index contributed by atoms with van der Waals surface area (Å²) in [6.45, 7) is 1.77. The van der Waals surface area contributed by atoms with Gasteiger partial charge in [-0.15, -0.1) is 11.3 Å². The van der Waals surface area contributed by atoms with Gasteiger partial charge in [-0.25, -0.2) is 28.3 Å². The number of nitrogens with one attached hydrogen (secondary N) is 1. The standard InChI is InChI=1S/C26H23ClF2N4O5S/c1-2-37-26(36)17-20(12-3-5-13(6-4-12)23-31-16(11-38-23)25(34)35)32-22(24-30-9-10-39-24)33-21(17)14-7-8-15(28)19(29)18(14)27/h7-13,21H,2-6H2,1H3,(H,32,33)(H,34,35). The highest BCUT2D eigenvalue weighted by Crippen LogP contribution is 2.44. The molecule has 2 N–H and O–H groups in total. The third-order valence-corrected chi connectivity index (χ3v) is 7.95. The number of hydrogen-bond acceptors (Lipinski definition) is 9.